The Morgan fingerprint density at radius 3 is 2.67 bits per heavy atom. The van der Waals surface area contributed by atoms with Crippen molar-refractivity contribution in [3.8, 4) is 0 Å². The molecule has 86 valence electrons. The topological polar surface area (TPSA) is 32.3 Å². The van der Waals surface area contributed by atoms with E-state index in [-0.39, 0.29) is 11.0 Å². The fraction of sp³-hybridized carbons (Fsp3) is 0.727. The van der Waals surface area contributed by atoms with Crippen molar-refractivity contribution in [3.63, 3.8) is 0 Å². The van der Waals surface area contributed by atoms with Gasteiger partial charge < -0.3 is 10.2 Å². The number of thiol groups is 1. The Bertz CT molecular complexity index is 276. The molecule has 0 spiro atoms. The van der Waals surface area contributed by atoms with Crippen LogP contribution in [0.25, 0.3) is 0 Å². The molecule has 0 radical (unpaired) electrons. The zero-order chi connectivity index (χ0) is 11.4. The molecule has 0 bridgehead atoms. The average molecular weight is 228 g/mol. The van der Waals surface area contributed by atoms with Crippen LogP contribution in [-0.2, 0) is 4.79 Å². The zero-order valence-electron chi connectivity index (χ0n) is 9.71. The predicted octanol–water partition coefficient (Wildman–Crippen LogP) is 1.07. The third kappa shape index (κ3) is 2.98. The smallest absolute Gasteiger partial charge is 0.195 e. The summed E-state index contributed by atoms with van der Waals surface area (Å²) < 4.78 is 0. The van der Waals surface area contributed by atoms with Crippen molar-refractivity contribution in [3.05, 3.63) is 11.3 Å². The molecule has 0 heterocycles. The summed E-state index contributed by atoms with van der Waals surface area (Å²) in [4.78, 5) is 13.6. The molecule has 0 aromatic heterocycles. The minimum Gasteiger partial charge on any atom is -0.381 e. The van der Waals surface area contributed by atoms with E-state index in [1.807, 2.05) is 6.92 Å². The summed E-state index contributed by atoms with van der Waals surface area (Å²) in [5.41, 5.74) is 1.85. The van der Waals surface area contributed by atoms with Gasteiger partial charge in [0.15, 0.2) is 5.78 Å². The van der Waals surface area contributed by atoms with Crippen LogP contribution >= 0.6 is 12.6 Å². The molecule has 0 aromatic carbocycles. The number of rotatable bonds is 6. The fourth-order valence-electron chi connectivity index (χ4n) is 1.68. The summed E-state index contributed by atoms with van der Waals surface area (Å²) in [5, 5.41) is 3.01. The lowest BCUT2D eigenvalue weighted by Crippen LogP contribution is -2.41. The number of nitrogens with zero attached hydrogens (tertiary/aromatic N) is 1. The Balaban J connectivity index is 2.25. The lowest BCUT2D eigenvalue weighted by Gasteiger charge is -2.27. The molecule has 1 aliphatic carbocycles. The van der Waals surface area contributed by atoms with Crippen LogP contribution in [0.4, 0.5) is 0 Å². The van der Waals surface area contributed by atoms with Crippen LogP contribution in [0.2, 0.25) is 0 Å². The van der Waals surface area contributed by atoms with Crippen molar-refractivity contribution in [1.82, 2.24) is 10.2 Å². The Morgan fingerprint density at radius 1 is 1.47 bits per heavy atom. The molecule has 1 N–H and O–H groups in total. The van der Waals surface area contributed by atoms with Gasteiger partial charge in [-0.2, -0.15) is 12.6 Å². The highest BCUT2D eigenvalue weighted by Crippen LogP contribution is 2.26. The van der Waals surface area contributed by atoms with Crippen LogP contribution in [0.15, 0.2) is 11.3 Å². The predicted molar refractivity (Wildman–Crippen MR) is 66.3 cm³/mol. The Labute approximate surface area is 97.3 Å². The van der Waals surface area contributed by atoms with Crippen molar-refractivity contribution in [2.24, 2.45) is 0 Å². The van der Waals surface area contributed by atoms with Gasteiger partial charge in [-0.15, -0.1) is 0 Å². The number of hydrogen-bond donors (Lipinski definition) is 2. The summed E-state index contributed by atoms with van der Waals surface area (Å²) in [7, 11) is 2.09. The minimum atomic E-state index is -0.166. The van der Waals surface area contributed by atoms with E-state index in [9.17, 15) is 4.79 Å². The monoisotopic (exact) mass is 228 g/mol. The molecule has 0 aliphatic heterocycles. The quantitative estimate of drug-likeness (QED) is 0.667. The van der Waals surface area contributed by atoms with E-state index in [1.165, 1.54) is 0 Å². The maximum absolute atomic E-state index is 11.4. The number of likely N-dealkylation sites (N-methyl/N-ethyl adjacent to an activating group) is 1. The van der Waals surface area contributed by atoms with Gasteiger partial charge in [-0.1, -0.05) is 6.92 Å². The van der Waals surface area contributed by atoms with Crippen LogP contribution in [0.3, 0.4) is 0 Å². The molecular formula is C11H20N2OS. The summed E-state index contributed by atoms with van der Waals surface area (Å²) in [6.07, 6.45) is 1.16. The number of carbonyl (C=O) groups excluding carboxylic acids is 1. The summed E-state index contributed by atoms with van der Waals surface area (Å²) in [5.74, 6) is 0.133. The van der Waals surface area contributed by atoms with Crippen molar-refractivity contribution < 1.29 is 4.79 Å². The third-order valence-corrected chi connectivity index (χ3v) is 3.32. The van der Waals surface area contributed by atoms with Gasteiger partial charge in [-0.05, 0) is 32.5 Å². The van der Waals surface area contributed by atoms with Crippen LogP contribution in [-0.4, -0.2) is 42.6 Å². The lowest BCUT2D eigenvalue weighted by atomic mass is 9.93. The van der Waals surface area contributed by atoms with E-state index in [4.69, 9.17) is 0 Å². The average Bonchev–Trinajstić information content (AvgIpc) is 2.23. The first-order valence-electron chi connectivity index (χ1n) is 5.43. The van der Waals surface area contributed by atoms with Gasteiger partial charge >= 0.3 is 0 Å². The highest BCUT2D eigenvalue weighted by Gasteiger charge is 2.33. The van der Waals surface area contributed by atoms with Gasteiger partial charge in [0.05, 0.1) is 10.9 Å². The molecule has 0 fully saturated rings. The van der Waals surface area contributed by atoms with Crippen molar-refractivity contribution in [1.29, 1.82) is 0 Å². The van der Waals surface area contributed by atoms with Gasteiger partial charge in [0.25, 0.3) is 0 Å². The van der Waals surface area contributed by atoms with Gasteiger partial charge in [0, 0.05) is 13.1 Å². The van der Waals surface area contributed by atoms with Crippen LogP contribution < -0.4 is 5.32 Å². The van der Waals surface area contributed by atoms with E-state index in [2.05, 4.69) is 36.8 Å². The highest BCUT2D eigenvalue weighted by molar-refractivity contribution is 7.82. The minimum absolute atomic E-state index is 0.133. The molecule has 0 saturated carbocycles. The molecule has 0 aromatic rings. The maximum atomic E-state index is 11.4. The van der Waals surface area contributed by atoms with Crippen molar-refractivity contribution in [2.75, 3.05) is 26.7 Å². The van der Waals surface area contributed by atoms with Crippen molar-refractivity contribution >= 4 is 18.4 Å². The third-order valence-electron chi connectivity index (χ3n) is 2.70. The van der Waals surface area contributed by atoms with Crippen LogP contribution in [0.5, 0.6) is 0 Å². The SMILES string of the molecule is CCCN(C)CCNC1=C(C)C(S)C1=O. The molecule has 1 aliphatic rings. The Morgan fingerprint density at radius 2 is 2.13 bits per heavy atom. The van der Waals surface area contributed by atoms with Crippen LogP contribution in [0, 0.1) is 0 Å². The van der Waals surface area contributed by atoms with Crippen LogP contribution in [0.1, 0.15) is 20.3 Å². The van der Waals surface area contributed by atoms with Gasteiger partial charge in [0.2, 0.25) is 0 Å². The Kier molecular flexibility index (Phi) is 4.67. The van der Waals surface area contributed by atoms with Gasteiger partial charge in [-0.25, -0.2) is 0 Å². The molecule has 0 amide bonds. The highest BCUT2D eigenvalue weighted by atomic mass is 32.1. The second-order valence-electron chi connectivity index (χ2n) is 4.05. The first-order chi connectivity index (χ1) is 7.07. The number of carbonyl (C=O) groups is 1. The molecule has 15 heavy (non-hydrogen) atoms. The van der Waals surface area contributed by atoms with Crippen molar-refractivity contribution in [2.45, 2.75) is 25.5 Å². The molecule has 3 nitrogen and oxygen atoms in total. The number of Topliss-reactive ketones (excluding diaryl/α,β-unsaturated/α-hetero) is 1. The van der Waals surface area contributed by atoms with E-state index in [0.29, 0.717) is 0 Å². The van der Waals surface area contributed by atoms with E-state index in [0.717, 1.165) is 37.3 Å². The lowest BCUT2D eigenvalue weighted by molar-refractivity contribution is -0.116. The molecule has 1 unspecified atom stereocenters. The normalized spacial score (nSPS) is 20.9. The number of nitrogens with one attached hydrogen (secondary N) is 1. The largest absolute Gasteiger partial charge is 0.381 e. The molecular weight excluding hydrogens is 208 g/mol. The van der Waals surface area contributed by atoms with E-state index >= 15 is 0 Å². The van der Waals surface area contributed by atoms with Gasteiger partial charge in [0.1, 0.15) is 0 Å². The standard InChI is InChI=1S/C11H20N2OS/c1-4-6-13(3)7-5-12-9-8(2)11(15)10(9)14/h11-12,15H,4-7H2,1-3H3. The molecule has 1 atom stereocenters. The Hall–Kier alpha value is -0.480. The van der Waals surface area contributed by atoms with Gasteiger partial charge in [-0.3, -0.25) is 4.79 Å². The zero-order valence-corrected chi connectivity index (χ0v) is 10.6. The summed E-state index contributed by atoms with van der Waals surface area (Å²) in [6, 6.07) is 0. The maximum Gasteiger partial charge on any atom is 0.195 e. The molecule has 1 rings (SSSR count). The first kappa shape index (κ1) is 12.6. The molecule has 4 heteroatoms. The summed E-state index contributed by atoms with van der Waals surface area (Å²) >= 11 is 4.17. The first-order valence-corrected chi connectivity index (χ1v) is 5.95. The molecule has 0 saturated heterocycles. The van der Waals surface area contributed by atoms with E-state index < -0.39 is 0 Å². The fourth-order valence-corrected chi connectivity index (χ4v) is 1.94. The summed E-state index contributed by atoms with van der Waals surface area (Å²) in [6.45, 7) is 7.02. The second kappa shape index (κ2) is 5.56. The number of hydrogen-bond acceptors (Lipinski definition) is 4. The number of allylic oxidation sites excluding steroid dienone is 1. The number of ketones is 1. The van der Waals surface area contributed by atoms with E-state index in [1.54, 1.807) is 0 Å². The second-order valence-corrected chi connectivity index (χ2v) is 4.57.